The molecule has 10 heteroatoms. The molecule has 0 saturated heterocycles. The smallest absolute Gasteiger partial charge is 0.254 e. The van der Waals surface area contributed by atoms with Crippen LogP contribution in [0.1, 0.15) is 18.6 Å². The molecule has 2 amide bonds. The fourth-order valence-electron chi connectivity index (χ4n) is 4.64. The van der Waals surface area contributed by atoms with Crippen molar-refractivity contribution in [2.45, 2.75) is 12.8 Å². The van der Waals surface area contributed by atoms with Crippen LogP contribution in [-0.2, 0) is 9.59 Å². The number of carbonyl (C=O) groups excluding carboxylic acids is 2. The van der Waals surface area contributed by atoms with Crippen LogP contribution in [0.3, 0.4) is 0 Å². The number of furan rings is 1. The molecule has 5 rings (SSSR count). The number of nitriles is 1. The first-order chi connectivity index (χ1) is 20.4. The number of benzene rings is 3. The number of carbonyl (C=O) groups is 2. The van der Waals surface area contributed by atoms with Gasteiger partial charge in [-0.2, -0.15) is 5.26 Å². The Kier molecular flexibility index (Phi) is 9.03. The Morgan fingerprint density at radius 3 is 2.24 bits per heavy atom. The highest BCUT2D eigenvalue weighted by molar-refractivity contribution is 8.03. The number of dihydropyridines is 1. The van der Waals surface area contributed by atoms with E-state index in [9.17, 15) is 14.9 Å². The number of rotatable bonds is 8. The molecule has 0 spiro atoms. The molecule has 0 unspecified atom stereocenters. The molecule has 0 fully saturated rings. The highest BCUT2D eigenvalue weighted by Crippen LogP contribution is 2.42. The number of para-hydroxylation sites is 2. The molecule has 1 aliphatic rings. The number of nitrogens with one attached hydrogen (secondary N) is 2. The lowest BCUT2D eigenvalue weighted by molar-refractivity contribution is -0.115. The normalized spacial score (nSPS) is 14.7. The summed E-state index contributed by atoms with van der Waals surface area (Å²) in [5.74, 6) is -1.01. The van der Waals surface area contributed by atoms with Gasteiger partial charge in [-0.15, -0.1) is 0 Å². The van der Waals surface area contributed by atoms with E-state index in [4.69, 9.17) is 27.6 Å². The lowest BCUT2D eigenvalue weighted by atomic mass is 9.85. The Bertz CT molecular complexity index is 1680. The van der Waals surface area contributed by atoms with Crippen molar-refractivity contribution in [3.8, 4) is 6.07 Å². The number of anilines is 3. The zero-order valence-corrected chi connectivity index (χ0v) is 24.6. The van der Waals surface area contributed by atoms with Crippen molar-refractivity contribution in [2.24, 2.45) is 0 Å². The van der Waals surface area contributed by atoms with Gasteiger partial charge in [0.25, 0.3) is 5.91 Å². The van der Waals surface area contributed by atoms with Crippen LogP contribution < -0.4 is 15.5 Å². The summed E-state index contributed by atoms with van der Waals surface area (Å²) in [7, 11) is 0. The molecular weight excluding hydrogens is 591 g/mol. The van der Waals surface area contributed by atoms with E-state index < -0.39 is 11.8 Å². The first-order valence-corrected chi connectivity index (χ1v) is 14.6. The van der Waals surface area contributed by atoms with Crippen LogP contribution in [0.25, 0.3) is 0 Å². The summed E-state index contributed by atoms with van der Waals surface area (Å²) in [4.78, 5) is 28.9. The average molecular weight is 616 g/mol. The Morgan fingerprint density at radius 2 is 1.67 bits per heavy atom. The number of allylic oxidation sites excluding steroid dienone is 2. The third-order valence-corrected chi connectivity index (χ3v) is 8.07. The molecule has 2 N–H and O–H groups in total. The summed E-state index contributed by atoms with van der Waals surface area (Å²) < 4.78 is 5.70. The van der Waals surface area contributed by atoms with Crippen LogP contribution in [0.15, 0.2) is 124 Å². The van der Waals surface area contributed by atoms with Gasteiger partial charge in [-0.05, 0) is 61.5 Å². The molecule has 0 saturated carbocycles. The number of hydrogen-bond donors (Lipinski definition) is 2. The summed E-state index contributed by atoms with van der Waals surface area (Å²) in [5.41, 5.74) is 2.88. The molecule has 7 nitrogen and oxygen atoms in total. The molecule has 3 aromatic carbocycles. The number of amides is 2. The van der Waals surface area contributed by atoms with Gasteiger partial charge in [0.2, 0.25) is 5.91 Å². The van der Waals surface area contributed by atoms with Crippen LogP contribution in [0, 0.1) is 11.3 Å². The summed E-state index contributed by atoms with van der Waals surface area (Å²) in [6.07, 6.45) is 1.49. The maximum Gasteiger partial charge on any atom is 0.254 e. The lowest BCUT2D eigenvalue weighted by Crippen LogP contribution is -2.32. The third-order valence-electron chi connectivity index (χ3n) is 6.52. The van der Waals surface area contributed by atoms with Gasteiger partial charge >= 0.3 is 0 Å². The van der Waals surface area contributed by atoms with E-state index in [2.05, 4.69) is 16.7 Å². The number of thioether (sulfide) groups is 1. The Hall–Kier alpha value is -4.42. The van der Waals surface area contributed by atoms with Crippen molar-refractivity contribution in [1.29, 1.82) is 5.26 Å². The van der Waals surface area contributed by atoms with E-state index in [1.54, 1.807) is 36.1 Å². The highest BCUT2D eigenvalue weighted by atomic mass is 35.5. The molecule has 2 heterocycles. The van der Waals surface area contributed by atoms with E-state index in [1.807, 2.05) is 60.7 Å². The quantitative estimate of drug-likeness (QED) is 0.208. The predicted molar refractivity (Wildman–Crippen MR) is 168 cm³/mol. The van der Waals surface area contributed by atoms with Crippen molar-refractivity contribution >= 4 is 63.8 Å². The molecule has 4 aromatic rings. The van der Waals surface area contributed by atoms with Gasteiger partial charge < -0.3 is 15.1 Å². The Morgan fingerprint density at radius 1 is 1.00 bits per heavy atom. The molecule has 0 radical (unpaired) electrons. The minimum atomic E-state index is -0.811. The molecule has 1 aliphatic heterocycles. The second-order valence-electron chi connectivity index (χ2n) is 9.23. The Labute approximate surface area is 257 Å². The second-order valence-corrected chi connectivity index (χ2v) is 11.1. The van der Waals surface area contributed by atoms with Gasteiger partial charge in [-0.25, -0.2) is 0 Å². The maximum atomic E-state index is 13.7. The van der Waals surface area contributed by atoms with Gasteiger partial charge in [-0.3, -0.25) is 14.5 Å². The van der Waals surface area contributed by atoms with Gasteiger partial charge in [0.1, 0.15) is 5.76 Å². The van der Waals surface area contributed by atoms with E-state index in [-0.39, 0.29) is 22.3 Å². The van der Waals surface area contributed by atoms with Crippen LogP contribution >= 0.6 is 35.0 Å². The van der Waals surface area contributed by atoms with Crippen molar-refractivity contribution in [3.05, 3.63) is 135 Å². The molecule has 1 aromatic heterocycles. The standard InChI is InChI=1S/C32H24Cl2N4O3S/c1-20-29(31(40)37-26-15-14-21(33)17-25(26)34)30(27-13-8-16-41-27)24(18-35)32(36-20)42-19-28(39)38(22-9-4-2-5-10-22)23-11-6-3-7-12-23/h2-17,30,36H,19H2,1H3,(H,37,40)/t30-/m1/s1. The minimum Gasteiger partial charge on any atom is -0.468 e. The first-order valence-electron chi connectivity index (χ1n) is 12.8. The topological polar surface area (TPSA) is 98.4 Å². The number of nitrogens with zero attached hydrogens (tertiary/aromatic N) is 2. The predicted octanol–water partition coefficient (Wildman–Crippen LogP) is 8.02. The van der Waals surface area contributed by atoms with E-state index >= 15 is 0 Å². The maximum absolute atomic E-state index is 13.7. The van der Waals surface area contributed by atoms with Crippen molar-refractivity contribution in [2.75, 3.05) is 16.0 Å². The fraction of sp³-hybridized carbons (Fsp3) is 0.0938. The summed E-state index contributed by atoms with van der Waals surface area (Å²) in [6.45, 7) is 1.74. The molecule has 42 heavy (non-hydrogen) atoms. The monoisotopic (exact) mass is 614 g/mol. The number of hydrogen-bond acceptors (Lipinski definition) is 6. The molecule has 210 valence electrons. The van der Waals surface area contributed by atoms with Crippen LogP contribution in [0.2, 0.25) is 10.0 Å². The van der Waals surface area contributed by atoms with Crippen LogP contribution in [0.4, 0.5) is 17.1 Å². The first kappa shape index (κ1) is 29.1. The second kappa shape index (κ2) is 13.0. The molecular formula is C32H24Cl2N4O3S. The minimum absolute atomic E-state index is 0.0252. The van der Waals surface area contributed by atoms with E-state index in [1.165, 1.54) is 24.1 Å². The highest BCUT2D eigenvalue weighted by Gasteiger charge is 2.37. The van der Waals surface area contributed by atoms with E-state index in [0.29, 0.717) is 32.8 Å². The largest absolute Gasteiger partial charge is 0.468 e. The van der Waals surface area contributed by atoms with Gasteiger partial charge in [0, 0.05) is 22.1 Å². The summed E-state index contributed by atoms with van der Waals surface area (Å²) in [5, 5.41) is 17.5. The number of halogens is 2. The van der Waals surface area contributed by atoms with Crippen LogP contribution in [0.5, 0.6) is 0 Å². The van der Waals surface area contributed by atoms with E-state index in [0.717, 1.165) is 11.4 Å². The van der Waals surface area contributed by atoms with Crippen LogP contribution in [-0.4, -0.2) is 17.6 Å². The van der Waals surface area contributed by atoms with Gasteiger partial charge in [0.05, 0.1) is 50.9 Å². The zero-order chi connectivity index (χ0) is 29.6. The van der Waals surface area contributed by atoms with Gasteiger partial charge in [-0.1, -0.05) is 71.4 Å². The van der Waals surface area contributed by atoms with Crippen molar-refractivity contribution in [3.63, 3.8) is 0 Å². The fourth-order valence-corrected chi connectivity index (χ4v) is 6.03. The summed E-state index contributed by atoms with van der Waals surface area (Å²) in [6, 6.07) is 29.1. The molecule has 0 aliphatic carbocycles. The van der Waals surface area contributed by atoms with Crippen molar-refractivity contribution < 1.29 is 14.0 Å². The SMILES string of the molecule is CC1=C(C(=O)Nc2ccc(Cl)cc2Cl)[C@@H](c2ccco2)C(C#N)=C(SCC(=O)N(c2ccccc2)c2ccccc2)N1. The third kappa shape index (κ3) is 6.24. The molecule has 0 bridgehead atoms. The Balaban J connectivity index is 1.45. The van der Waals surface area contributed by atoms with Gasteiger partial charge in [0.15, 0.2) is 0 Å². The summed E-state index contributed by atoms with van der Waals surface area (Å²) >= 11 is 13.5. The average Bonchev–Trinajstić information content (AvgIpc) is 3.53. The van der Waals surface area contributed by atoms with Crippen molar-refractivity contribution in [1.82, 2.24) is 5.32 Å². The molecule has 1 atom stereocenters. The lowest BCUT2D eigenvalue weighted by Gasteiger charge is -2.29. The zero-order valence-electron chi connectivity index (χ0n) is 22.3.